The topological polar surface area (TPSA) is 46.0 Å². The van der Waals surface area contributed by atoms with Gasteiger partial charge in [0.1, 0.15) is 12.2 Å². The molecule has 1 N–H and O–H groups in total. The highest BCUT2D eigenvalue weighted by molar-refractivity contribution is 5.24. The van der Waals surface area contributed by atoms with Crippen LogP contribution in [0, 0.1) is 0 Å². The van der Waals surface area contributed by atoms with E-state index in [1.165, 1.54) is 5.56 Å². The Morgan fingerprint density at radius 3 is 2.80 bits per heavy atom. The van der Waals surface area contributed by atoms with E-state index in [9.17, 15) is 0 Å². The summed E-state index contributed by atoms with van der Waals surface area (Å²) in [7, 11) is 1.95. The minimum absolute atomic E-state index is 0.00188. The smallest absolute Gasteiger partial charge is 0.140 e. The second-order valence-electron chi connectivity index (χ2n) is 5.64. The number of rotatable bonds is 3. The maximum atomic E-state index is 4.32. The Hall–Kier alpha value is -1.72. The van der Waals surface area contributed by atoms with E-state index in [1.807, 2.05) is 11.7 Å². The molecule has 106 valence electrons. The first kappa shape index (κ1) is 13.3. The lowest BCUT2D eigenvalue weighted by molar-refractivity contribution is 0.132. The normalized spacial score (nSPS) is 23.9. The van der Waals surface area contributed by atoms with Gasteiger partial charge in [-0.15, -0.1) is 0 Å². The van der Waals surface area contributed by atoms with Crippen LogP contribution in [0.2, 0.25) is 0 Å². The molecule has 0 aliphatic carbocycles. The number of piperazine rings is 1. The van der Waals surface area contributed by atoms with E-state index in [4.69, 9.17) is 0 Å². The number of aromatic nitrogens is 3. The van der Waals surface area contributed by atoms with Crippen molar-refractivity contribution in [3.05, 3.63) is 48.0 Å². The van der Waals surface area contributed by atoms with E-state index >= 15 is 0 Å². The van der Waals surface area contributed by atoms with E-state index in [0.29, 0.717) is 0 Å². The molecular formula is C15H21N5. The van der Waals surface area contributed by atoms with Crippen LogP contribution in [0.25, 0.3) is 0 Å². The Kier molecular flexibility index (Phi) is 3.54. The fraction of sp³-hybridized carbons (Fsp3) is 0.467. The Morgan fingerprint density at radius 2 is 2.10 bits per heavy atom. The van der Waals surface area contributed by atoms with Crippen LogP contribution in [-0.2, 0) is 19.1 Å². The van der Waals surface area contributed by atoms with Gasteiger partial charge in [0.2, 0.25) is 0 Å². The van der Waals surface area contributed by atoms with Crippen molar-refractivity contribution in [2.24, 2.45) is 7.05 Å². The summed E-state index contributed by atoms with van der Waals surface area (Å²) >= 11 is 0. The minimum atomic E-state index is -0.00188. The van der Waals surface area contributed by atoms with Gasteiger partial charge in [-0.2, -0.15) is 5.10 Å². The molecule has 2 aromatic rings. The lowest BCUT2D eigenvalue weighted by Gasteiger charge is -2.41. The second kappa shape index (κ2) is 5.34. The van der Waals surface area contributed by atoms with Crippen molar-refractivity contribution < 1.29 is 0 Å². The first-order valence-electron chi connectivity index (χ1n) is 7.03. The van der Waals surface area contributed by atoms with Gasteiger partial charge in [-0.05, 0) is 12.5 Å². The average molecular weight is 271 g/mol. The van der Waals surface area contributed by atoms with Gasteiger partial charge in [0, 0.05) is 26.7 Å². The van der Waals surface area contributed by atoms with Crippen molar-refractivity contribution in [2.45, 2.75) is 19.0 Å². The first-order valence-corrected chi connectivity index (χ1v) is 7.03. The van der Waals surface area contributed by atoms with Crippen LogP contribution in [0.5, 0.6) is 0 Å². The summed E-state index contributed by atoms with van der Waals surface area (Å²) in [6, 6.07) is 10.7. The quantitative estimate of drug-likeness (QED) is 0.909. The van der Waals surface area contributed by atoms with Gasteiger partial charge in [0.25, 0.3) is 0 Å². The second-order valence-corrected chi connectivity index (χ2v) is 5.64. The molecule has 2 heterocycles. The zero-order valence-electron chi connectivity index (χ0n) is 12.1. The Bertz CT molecular complexity index is 565. The van der Waals surface area contributed by atoms with E-state index in [2.05, 4.69) is 57.6 Å². The molecular weight excluding hydrogens is 250 g/mol. The van der Waals surface area contributed by atoms with Gasteiger partial charge in [-0.3, -0.25) is 9.58 Å². The predicted molar refractivity (Wildman–Crippen MR) is 78.1 cm³/mol. The minimum Gasteiger partial charge on any atom is -0.305 e. The van der Waals surface area contributed by atoms with Crippen LogP contribution >= 0.6 is 0 Å². The number of nitrogens with zero attached hydrogens (tertiary/aromatic N) is 4. The van der Waals surface area contributed by atoms with Crippen molar-refractivity contribution in [1.82, 2.24) is 25.0 Å². The Morgan fingerprint density at radius 1 is 1.30 bits per heavy atom. The predicted octanol–water partition coefficient (Wildman–Crippen LogP) is 1.14. The molecule has 0 radical (unpaired) electrons. The molecule has 0 bridgehead atoms. The molecule has 0 spiro atoms. The first-order chi connectivity index (χ1) is 9.67. The Balaban J connectivity index is 1.75. The van der Waals surface area contributed by atoms with Gasteiger partial charge in [-0.25, -0.2) is 4.98 Å². The van der Waals surface area contributed by atoms with Gasteiger partial charge in [0.05, 0.1) is 12.1 Å². The van der Waals surface area contributed by atoms with Gasteiger partial charge in [0.15, 0.2) is 0 Å². The SMILES string of the molecule is Cn1ncnc1CN1CCNC(C)(c2ccccc2)C1. The number of aryl methyl sites for hydroxylation is 1. The lowest BCUT2D eigenvalue weighted by Crippen LogP contribution is -2.56. The number of hydrogen-bond donors (Lipinski definition) is 1. The molecule has 3 rings (SSSR count). The third kappa shape index (κ3) is 2.59. The third-order valence-electron chi connectivity index (χ3n) is 4.06. The van der Waals surface area contributed by atoms with Crippen molar-refractivity contribution >= 4 is 0 Å². The van der Waals surface area contributed by atoms with Crippen LogP contribution in [0.3, 0.4) is 0 Å². The molecule has 1 unspecified atom stereocenters. The Labute approximate surface area is 119 Å². The van der Waals surface area contributed by atoms with Gasteiger partial charge >= 0.3 is 0 Å². The average Bonchev–Trinajstić information content (AvgIpc) is 2.85. The molecule has 1 aromatic carbocycles. The summed E-state index contributed by atoms with van der Waals surface area (Å²) in [6.07, 6.45) is 1.62. The van der Waals surface area contributed by atoms with Gasteiger partial charge < -0.3 is 5.32 Å². The number of hydrogen-bond acceptors (Lipinski definition) is 4. The summed E-state index contributed by atoms with van der Waals surface area (Å²) in [5, 5.41) is 7.79. The molecule has 0 saturated carbocycles. The highest BCUT2D eigenvalue weighted by Crippen LogP contribution is 2.24. The standard InChI is InChI=1S/C15H21N5/c1-15(13-6-4-3-5-7-13)11-20(9-8-17-15)10-14-16-12-18-19(14)2/h3-7,12,17H,8-11H2,1-2H3. The van der Waals surface area contributed by atoms with E-state index in [-0.39, 0.29) is 5.54 Å². The van der Waals surface area contributed by atoms with Crippen molar-refractivity contribution in [2.75, 3.05) is 19.6 Å². The molecule has 1 saturated heterocycles. The largest absolute Gasteiger partial charge is 0.305 e. The van der Waals surface area contributed by atoms with Crippen molar-refractivity contribution in [3.63, 3.8) is 0 Å². The maximum Gasteiger partial charge on any atom is 0.140 e. The van der Waals surface area contributed by atoms with Crippen molar-refractivity contribution in [1.29, 1.82) is 0 Å². The van der Waals surface area contributed by atoms with Crippen LogP contribution < -0.4 is 5.32 Å². The van der Waals surface area contributed by atoms with E-state index in [1.54, 1.807) is 6.33 Å². The molecule has 20 heavy (non-hydrogen) atoms. The van der Waals surface area contributed by atoms with E-state index < -0.39 is 0 Å². The molecule has 5 heteroatoms. The molecule has 1 aromatic heterocycles. The molecule has 1 aliphatic rings. The number of nitrogens with one attached hydrogen (secondary N) is 1. The molecule has 1 aliphatic heterocycles. The van der Waals surface area contributed by atoms with Crippen LogP contribution in [0.15, 0.2) is 36.7 Å². The van der Waals surface area contributed by atoms with Crippen LogP contribution in [0.4, 0.5) is 0 Å². The van der Waals surface area contributed by atoms with Crippen LogP contribution in [0.1, 0.15) is 18.3 Å². The summed E-state index contributed by atoms with van der Waals surface area (Å²) in [5.74, 6) is 1.02. The highest BCUT2D eigenvalue weighted by atomic mass is 15.3. The number of benzene rings is 1. The zero-order chi connectivity index (χ0) is 14.0. The molecule has 5 nitrogen and oxygen atoms in total. The molecule has 1 fully saturated rings. The van der Waals surface area contributed by atoms with E-state index in [0.717, 1.165) is 32.0 Å². The van der Waals surface area contributed by atoms with Crippen LogP contribution in [-0.4, -0.2) is 39.3 Å². The summed E-state index contributed by atoms with van der Waals surface area (Å²) in [6.45, 7) is 6.12. The summed E-state index contributed by atoms with van der Waals surface area (Å²) in [5.41, 5.74) is 1.33. The fourth-order valence-electron chi connectivity index (χ4n) is 2.87. The molecule has 1 atom stereocenters. The fourth-order valence-corrected chi connectivity index (χ4v) is 2.87. The monoisotopic (exact) mass is 271 g/mol. The third-order valence-corrected chi connectivity index (χ3v) is 4.06. The zero-order valence-corrected chi connectivity index (χ0v) is 12.1. The summed E-state index contributed by atoms with van der Waals surface area (Å²) < 4.78 is 1.85. The lowest BCUT2D eigenvalue weighted by atomic mass is 9.89. The maximum absolute atomic E-state index is 4.32. The van der Waals surface area contributed by atoms with Gasteiger partial charge in [-0.1, -0.05) is 30.3 Å². The summed E-state index contributed by atoms with van der Waals surface area (Å²) in [4.78, 5) is 6.76. The highest BCUT2D eigenvalue weighted by Gasteiger charge is 2.32. The van der Waals surface area contributed by atoms with Crippen molar-refractivity contribution in [3.8, 4) is 0 Å². The molecule has 0 amide bonds.